The van der Waals surface area contributed by atoms with Crippen LogP contribution in [0, 0.1) is 5.92 Å². The number of carbonyl (C=O) groups excluding carboxylic acids is 1. The van der Waals surface area contributed by atoms with Gasteiger partial charge in [0.2, 0.25) is 15.9 Å². The van der Waals surface area contributed by atoms with Gasteiger partial charge in [0.25, 0.3) is 5.91 Å². The minimum Gasteiger partial charge on any atom is -0.407 e. The molecule has 1 aromatic heterocycles. The van der Waals surface area contributed by atoms with Crippen LogP contribution in [-0.4, -0.2) is 41.9 Å². The van der Waals surface area contributed by atoms with Crippen molar-refractivity contribution in [2.24, 2.45) is 5.92 Å². The van der Waals surface area contributed by atoms with Gasteiger partial charge in [0.1, 0.15) is 0 Å². The Hall–Kier alpha value is -2.69. The number of carbonyl (C=O) groups is 1. The lowest BCUT2D eigenvalue weighted by Gasteiger charge is -2.30. The Morgan fingerprint density at radius 3 is 2.62 bits per heavy atom. The first kappa shape index (κ1) is 22.5. The van der Waals surface area contributed by atoms with E-state index in [0.29, 0.717) is 36.2 Å². The van der Waals surface area contributed by atoms with Crippen LogP contribution in [0.15, 0.2) is 68.8 Å². The van der Waals surface area contributed by atoms with E-state index in [2.05, 4.69) is 22.4 Å². The highest BCUT2D eigenvalue weighted by Gasteiger charge is 2.28. The highest BCUT2D eigenvalue weighted by molar-refractivity contribution is 7.98. The minimum absolute atomic E-state index is 0.00216. The number of sulfonamides is 1. The summed E-state index contributed by atoms with van der Waals surface area (Å²) < 4.78 is 32.7. The van der Waals surface area contributed by atoms with Crippen LogP contribution < -0.4 is 5.32 Å². The number of benzene rings is 2. The largest absolute Gasteiger partial charge is 0.407 e. The molecule has 2 heterocycles. The maximum absolute atomic E-state index is 12.9. The Kier molecular flexibility index (Phi) is 6.92. The van der Waals surface area contributed by atoms with Gasteiger partial charge >= 0.3 is 6.01 Å². The van der Waals surface area contributed by atoms with Crippen molar-refractivity contribution in [1.29, 1.82) is 0 Å². The molecule has 10 heteroatoms. The highest BCUT2D eigenvalue weighted by atomic mass is 32.2. The van der Waals surface area contributed by atoms with Gasteiger partial charge in [0.05, 0.1) is 10.6 Å². The van der Waals surface area contributed by atoms with Crippen LogP contribution in [0.5, 0.6) is 0 Å². The van der Waals surface area contributed by atoms with E-state index >= 15 is 0 Å². The summed E-state index contributed by atoms with van der Waals surface area (Å²) in [5, 5.41) is 10.4. The summed E-state index contributed by atoms with van der Waals surface area (Å²) in [6.07, 6.45) is 1.89. The van der Waals surface area contributed by atoms with E-state index in [9.17, 15) is 13.2 Å². The van der Waals surface area contributed by atoms with Gasteiger partial charge in [-0.25, -0.2) is 8.42 Å². The molecule has 1 aliphatic heterocycles. The highest BCUT2D eigenvalue weighted by Crippen LogP contribution is 2.24. The zero-order valence-electron chi connectivity index (χ0n) is 17.6. The van der Waals surface area contributed by atoms with Crippen LogP contribution in [0.4, 0.5) is 6.01 Å². The van der Waals surface area contributed by atoms with Gasteiger partial charge in [0.15, 0.2) is 0 Å². The van der Waals surface area contributed by atoms with Gasteiger partial charge in [-0.15, -0.1) is 16.9 Å². The third-order valence-corrected chi connectivity index (χ3v) is 8.04. The maximum Gasteiger partial charge on any atom is 0.322 e. The molecule has 2 aromatic carbocycles. The minimum atomic E-state index is -3.56. The molecule has 168 valence electrons. The predicted octanol–water partition coefficient (Wildman–Crippen LogP) is 4.03. The third kappa shape index (κ3) is 5.37. The summed E-state index contributed by atoms with van der Waals surface area (Å²) in [6, 6.07) is 15.7. The molecule has 0 radical (unpaired) electrons. The fraction of sp³-hybridized carbons (Fsp3) is 0.318. The quantitative estimate of drug-likeness (QED) is 0.518. The lowest BCUT2D eigenvalue weighted by Crippen LogP contribution is -2.39. The van der Waals surface area contributed by atoms with Gasteiger partial charge < -0.3 is 4.42 Å². The van der Waals surface area contributed by atoms with E-state index in [1.807, 2.05) is 30.3 Å². The molecule has 1 atom stereocenters. The fourth-order valence-electron chi connectivity index (χ4n) is 3.49. The molecular weight excluding hydrogens is 448 g/mol. The van der Waals surface area contributed by atoms with Gasteiger partial charge in [-0.1, -0.05) is 30.2 Å². The number of nitrogens with one attached hydrogen (secondary N) is 1. The molecule has 3 aromatic rings. The van der Waals surface area contributed by atoms with E-state index < -0.39 is 15.9 Å². The summed E-state index contributed by atoms with van der Waals surface area (Å²) in [7, 11) is -3.56. The zero-order chi connectivity index (χ0) is 22.6. The average molecular weight is 473 g/mol. The number of hydrogen-bond acceptors (Lipinski definition) is 7. The normalized spacial score (nSPS) is 17.2. The molecule has 1 amide bonds. The smallest absolute Gasteiger partial charge is 0.322 e. The molecular formula is C22H24N4O4S2. The molecule has 8 nitrogen and oxygen atoms in total. The Morgan fingerprint density at radius 2 is 1.91 bits per heavy atom. The number of amides is 1. The first-order valence-electron chi connectivity index (χ1n) is 10.3. The molecule has 1 fully saturated rings. The standard InChI is InChI=1S/C22H24N4O4S2/c1-16-6-5-13-26(14-16)32(28,29)19-11-9-17(10-12-19)21(27)23-22-25-24-20(30-22)15-31-18-7-3-2-4-8-18/h2-4,7-12,16H,5-6,13-15H2,1H3,(H,23,25,27). The van der Waals surface area contributed by atoms with Crippen molar-refractivity contribution in [3.63, 3.8) is 0 Å². The Labute approximate surface area is 191 Å². The monoisotopic (exact) mass is 472 g/mol. The van der Waals surface area contributed by atoms with Gasteiger partial charge in [-0.05, 0) is 55.2 Å². The maximum atomic E-state index is 12.9. The zero-order valence-corrected chi connectivity index (χ0v) is 19.2. The second-order valence-corrected chi connectivity index (χ2v) is 10.7. The summed E-state index contributed by atoms with van der Waals surface area (Å²) in [4.78, 5) is 13.8. The Morgan fingerprint density at radius 1 is 1.16 bits per heavy atom. The molecule has 1 unspecified atom stereocenters. The van der Waals surface area contributed by atoms with E-state index in [0.717, 1.165) is 17.7 Å². The van der Waals surface area contributed by atoms with Crippen molar-refractivity contribution in [3.05, 3.63) is 66.1 Å². The van der Waals surface area contributed by atoms with Crippen LogP contribution in [0.25, 0.3) is 0 Å². The first-order chi connectivity index (χ1) is 15.4. The number of rotatable bonds is 7. The summed E-state index contributed by atoms with van der Waals surface area (Å²) >= 11 is 1.55. The van der Waals surface area contributed by atoms with Gasteiger partial charge in [-0.3, -0.25) is 10.1 Å². The fourth-order valence-corrected chi connectivity index (χ4v) is 5.84. The Bertz CT molecular complexity index is 1160. The topological polar surface area (TPSA) is 105 Å². The molecule has 4 rings (SSSR count). The molecule has 1 aliphatic rings. The number of thioether (sulfide) groups is 1. The van der Waals surface area contributed by atoms with E-state index in [1.165, 1.54) is 28.6 Å². The molecule has 0 aliphatic carbocycles. The molecule has 32 heavy (non-hydrogen) atoms. The number of piperidine rings is 1. The third-order valence-electron chi connectivity index (χ3n) is 5.17. The van der Waals surface area contributed by atoms with Crippen molar-refractivity contribution in [2.75, 3.05) is 18.4 Å². The van der Waals surface area contributed by atoms with Crippen molar-refractivity contribution in [2.45, 2.75) is 35.3 Å². The van der Waals surface area contributed by atoms with Crippen molar-refractivity contribution < 1.29 is 17.6 Å². The van der Waals surface area contributed by atoms with Crippen LogP contribution in [0.3, 0.4) is 0 Å². The molecule has 1 N–H and O–H groups in total. The van der Waals surface area contributed by atoms with Gasteiger partial charge in [0, 0.05) is 23.5 Å². The SMILES string of the molecule is CC1CCCN(S(=O)(=O)c2ccc(C(=O)Nc3nnc(CSc4ccccc4)o3)cc2)C1. The van der Waals surface area contributed by atoms with Crippen molar-refractivity contribution in [3.8, 4) is 0 Å². The van der Waals surface area contributed by atoms with E-state index in [-0.39, 0.29) is 10.9 Å². The Balaban J connectivity index is 1.36. The number of aromatic nitrogens is 2. The summed E-state index contributed by atoms with van der Waals surface area (Å²) in [6.45, 7) is 3.10. The average Bonchev–Trinajstić information content (AvgIpc) is 3.25. The van der Waals surface area contributed by atoms with Crippen molar-refractivity contribution >= 4 is 33.7 Å². The molecule has 0 bridgehead atoms. The number of anilines is 1. The first-order valence-corrected chi connectivity index (χ1v) is 12.8. The van der Waals surface area contributed by atoms with E-state index in [1.54, 1.807) is 11.8 Å². The van der Waals surface area contributed by atoms with Crippen LogP contribution in [0.2, 0.25) is 0 Å². The second-order valence-electron chi connectivity index (χ2n) is 7.69. The number of hydrogen-bond donors (Lipinski definition) is 1. The van der Waals surface area contributed by atoms with Crippen LogP contribution in [0.1, 0.15) is 36.0 Å². The summed E-state index contributed by atoms with van der Waals surface area (Å²) in [5.74, 6) is 0.765. The second kappa shape index (κ2) is 9.85. The predicted molar refractivity (Wildman–Crippen MR) is 122 cm³/mol. The summed E-state index contributed by atoms with van der Waals surface area (Å²) in [5.41, 5.74) is 0.300. The van der Waals surface area contributed by atoms with Crippen molar-refractivity contribution in [1.82, 2.24) is 14.5 Å². The van der Waals surface area contributed by atoms with Gasteiger partial charge in [-0.2, -0.15) is 4.31 Å². The molecule has 0 spiro atoms. The number of nitrogens with zero attached hydrogens (tertiary/aromatic N) is 3. The lowest BCUT2D eigenvalue weighted by molar-refractivity contribution is 0.102. The van der Waals surface area contributed by atoms with Crippen LogP contribution >= 0.6 is 11.8 Å². The molecule has 0 saturated carbocycles. The van der Waals surface area contributed by atoms with E-state index in [4.69, 9.17) is 4.42 Å². The lowest BCUT2D eigenvalue weighted by atomic mass is 10.0. The van der Waals surface area contributed by atoms with Crippen LogP contribution in [-0.2, 0) is 15.8 Å². The molecule has 1 saturated heterocycles.